The molecule has 0 radical (unpaired) electrons. The minimum atomic E-state index is -0.746. The molecular formula is C18H16ClN5OS. The molecule has 0 bridgehead atoms. The van der Waals surface area contributed by atoms with Crippen LogP contribution in [0.25, 0.3) is 4.91 Å². The summed E-state index contributed by atoms with van der Waals surface area (Å²) in [5.41, 5.74) is 8.58. The fourth-order valence-corrected chi connectivity index (χ4v) is 4.52. The summed E-state index contributed by atoms with van der Waals surface area (Å²) in [5, 5.41) is 19.7. The largest absolute Gasteiger partial charge is 0.384 e. The molecule has 0 saturated carbocycles. The van der Waals surface area contributed by atoms with Crippen molar-refractivity contribution in [2.24, 2.45) is 0 Å². The molecule has 1 aromatic carbocycles. The summed E-state index contributed by atoms with van der Waals surface area (Å²) in [7, 11) is 0. The lowest BCUT2D eigenvalue weighted by Crippen LogP contribution is -2.03. The minimum Gasteiger partial charge on any atom is -0.384 e. The molecule has 1 aliphatic heterocycles. The van der Waals surface area contributed by atoms with Gasteiger partial charge in [-0.2, -0.15) is 0 Å². The number of aliphatic hydroxyl groups excluding tert-OH is 1. The van der Waals surface area contributed by atoms with Crippen molar-refractivity contribution in [1.29, 1.82) is 0 Å². The van der Waals surface area contributed by atoms with Crippen LogP contribution < -0.4 is 5.73 Å². The summed E-state index contributed by atoms with van der Waals surface area (Å²) in [5.74, 6) is 1.14. The van der Waals surface area contributed by atoms with Crippen LogP contribution in [0.5, 0.6) is 0 Å². The second kappa shape index (κ2) is 7.11. The summed E-state index contributed by atoms with van der Waals surface area (Å²) in [6, 6.07) is 11.0. The average Bonchev–Trinajstić information content (AvgIpc) is 3.31. The molecule has 1 aliphatic rings. The van der Waals surface area contributed by atoms with E-state index in [4.69, 9.17) is 17.3 Å². The first-order valence-electron chi connectivity index (χ1n) is 8.03. The number of aliphatic hydroxyl groups is 1. The Morgan fingerprint density at radius 2 is 2.08 bits per heavy atom. The monoisotopic (exact) mass is 385 g/mol. The maximum atomic E-state index is 11.0. The second-order valence-electron chi connectivity index (χ2n) is 5.97. The Bertz CT molecular complexity index is 942. The average molecular weight is 386 g/mol. The molecule has 2 atom stereocenters. The molecule has 132 valence electrons. The van der Waals surface area contributed by atoms with E-state index < -0.39 is 6.10 Å². The van der Waals surface area contributed by atoms with Gasteiger partial charge in [-0.05, 0) is 47.4 Å². The third kappa shape index (κ3) is 3.33. The number of hydrogen-bond donors (Lipinski definition) is 3. The van der Waals surface area contributed by atoms with Gasteiger partial charge in [0.15, 0.2) is 5.82 Å². The number of pyridine rings is 1. The molecule has 4 N–H and O–H groups in total. The molecule has 0 spiro atoms. The fourth-order valence-electron chi connectivity index (χ4n) is 3.01. The van der Waals surface area contributed by atoms with Crippen LogP contribution in [0.4, 0.5) is 5.82 Å². The van der Waals surface area contributed by atoms with E-state index in [9.17, 15) is 5.11 Å². The first kappa shape index (κ1) is 17.1. The van der Waals surface area contributed by atoms with Gasteiger partial charge in [-0.15, -0.1) is 22.0 Å². The van der Waals surface area contributed by atoms with Crippen LogP contribution in [0.3, 0.4) is 0 Å². The number of aromatic nitrogens is 4. The van der Waals surface area contributed by atoms with Gasteiger partial charge in [0.05, 0.1) is 4.91 Å². The van der Waals surface area contributed by atoms with Crippen LogP contribution in [0.15, 0.2) is 54.5 Å². The lowest BCUT2D eigenvalue weighted by Gasteiger charge is -2.15. The lowest BCUT2D eigenvalue weighted by atomic mass is 9.95. The van der Waals surface area contributed by atoms with Crippen LogP contribution >= 0.6 is 23.4 Å². The Kier molecular flexibility index (Phi) is 4.67. The molecule has 2 aromatic heterocycles. The first-order valence-corrected chi connectivity index (χ1v) is 9.28. The predicted molar refractivity (Wildman–Crippen MR) is 103 cm³/mol. The number of hydrogen-bond acceptors (Lipinski definition) is 6. The van der Waals surface area contributed by atoms with Gasteiger partial charge >= 0.3 is 0 Å². The van der Waals surface area contributed by atoms with Crippen molar-refractivity contribution in [3.05, 3.63) is 76.5 Å². The van der Waals surface area contributed by atoms with Gasteiger partial charge in [0, 0.05) is 16.5 Å². The Balaban J connectivity index is 1.70. The van der Waals surface area contributed by atoms with E-state index in [2.05, 4.69) is 20.2 Å². The molecule has 0 saturated heterocycles. The SMILES string of the molecule is Nc1cc(C2CC(C(O)c3ccc(Cl)cc3)=C(c3nnc[nH]3)S2)ccn1. The second-order valence-corrected chi connectivity index (χ2v) is 7.62. The summed E-state index contributed by atoms with van der Waals surface area (Å²) in [6.45, 7) is 0. The van der Waals surface area contributed by atoms with Crippen molar-refractivity contribution >= 4 is 34.1 Å². The molecular weight excluding hydrogens is 370 g/mol. The molecule has 3 heterocycles. The zero-order chi connectivity index (χ0) is 18.1. The third-order valence-electron chi connectivity index (χ3n) is 4.28. The smallest absolute Gasteiger partial charge is 0.167 e. The van der Waals surface area contributed by atoms with Crippen molar-refractivity contribution in [3.63, 3.8) is 0 Å². The van der Waals surface area contributed by atoms with E-state index in [-0.39, 0.29) is 5.25 Å². The van der Waals surface area contributed by atoms with Crippen LogP contribution in [-0.2, 0) is 0 Å². The fraction of sp³-hybridized carbons (Fsp3) is 0.167. The quantitative estimate of drug-likeness (QED) is 0.632. The van der Waals surface area contributed by atoms with E-state index in [0.29, 0.717) is 23.1 Å². The predicted octanol–water partition coefficient (Wildman–Crippen LogP) is 3.76. The maximum Gasteiger partial charge on any atom is 0.167 e. The summed E-state index contributed by atoms with van der Waals surface area (Å²) in [4.78, 5) is 8.00. The van der Waals surface area contributed by atoms with Gasteiger partial charge in [0.25, 0.3) is 0 Å². The molecule has 8 heteroatoms. The van der Waals surface area contributed by atoms with Crippen LogP contribution in [0, 0.1) is 0 Å². The number of benzene rings is 1. The summed E-state index contributed by atoms with van der Waals surface area (Å²) in [6.07, 6.45) is 3.16. The van der Waals surface area contributed by atoms with E-state index in [0.717, 1.165) is 21.6 Å². The minimum absolute atomic E-state index is 0.123. The molecule has 0 aliphatic carbocycles. The highest BCUT2D eigenvalue weighted by Crippen LogP contribution is 2.54. The maximum absolute atomic E-state index is 11.0. The Morgan fingerprint density at radius 3 is 2.77 bits per heavy atom. The Hall–Kier alpha value is -2.35. The number of nitrogens with one attached hydrogen (secondary N) is 1. The number of aromatic amines is 1. The topological polar surface area (TPSA) is 101 Å². The number of nitrogens with zero attached hydrogens (tertiary/aromatic N) is 3. The van der Waals surface area contributed by atoms with Crippen molar-refractivity contribution in [2.45, 2.75) is 17.8 Å². The Labute approximate surface area is 159 Å². The Morgan fingerprint density at radius 1 is 1.27 bits per heavy atom. The zero-order valence-electron chi connectivity index (χ0n) is 13.6. The molecule has 3 aromatic rings. The van der Waals surface area contributed by atoms with Gasteiger partial charge < -0.3 is 15.8 Å². The van der Waals surface area contributed by atoms with Crippen LogP contribution in [-0.4, -0.2) is 25.3 Å². The number of rotatable bonds is 4. The van der Waals surface area contributed by atoms with Crippen molar-refractivity contribution in [3.8, 4) is 0 Å². The van der Waals surface area contributed by atoms with E-state index >= 15 is 0 Å². The van der Waals surface area contributed by atoms with Gasteiger partial charge in [-0.25, -0.2) is 4.98 Å². The molecule has 26 heavy (non-hydrogen) atoms. The van der Waals surface area contributed by atoms with E-state index in [1.54, 1.807) is 30.1 Å². The van der Waals surface area contributed by atoms with Crippen molar-refractivity contribution in [2.75, 3.05) is 5.73 Å². The van der Waals surface area contributed by atoms with Crippen molar-refractivity contribution < 1.29 is 5.11 Å². The number of nitrogen functional groups attached to an aromatic ring is 1. The van der Waals surface area contributed by atoms with Gasteiger partial charge in [-0.3, -0.25) is 0 Å². The van der Waals surface area contributed by atoms with E-state index in [1.165, 1.54) is 6.33 Å². The highest BCUT2D eigenvalue weighted by molar-refractivity contribution is 8.08. The number of halogens is 1. The normalized spacial score (nSPS) is 18.3. The lowest BCUT2D eigenvalue weighted by molar-refractivity contribution is 0.212. The highest BCUT2D eigenvalue weighted by Gasteiger charge is 2.33. The number of nitrogens with two attached hydrogens (primary N) is 1. The number of anilines is 1. The standard InChI is InChI=1S/C18H16ClN5OS/c19-12-3-1-10(2-4-12)16(25)13-8-14(11-5-6-21-15(20)7-11)26-17(13)18-22-9-23-24-18/h1-7,9,14,16,25H,8H2,(H2,20,21)(H,22,23,24). The number of H-pyrrole nitrogens is 1. The summed E-state index contributed by atoms with van der Waals surface area (Å²) >= 11 is 7.61. The van der Waals surface area contributed by atoms with Crippen LogP contribution in [0.1, 0.15) is 34.7 Å². The number of thioether (sulfide) groups is 1. The van der Waals surface area contributed by atoms with Gasteiger partial charge in [0.2, 0.25) is 0 Å². The zero-order valence-corrected chi connectivity index (χ0v) is 15.2. The molecule has 2 unspecified atom stereocenters. The third-order valence-corrected chi connectivity index (χ3v) is 5.95. The molecule has 6 nitrogen and oxygen atoms in total. The van der Waals surface area contributed by atoms with Crippen LogP contribution in [0.2, 0.25) is 5.02 Å². The van der Waals surface area contributed by atoms with E-state index in [1.807, 2.05) is 24.3 Å². The first-order chi connectivity index (χ1) is 12.6. The highest BCUT2D eigenvalue weighted by atomic mass is 35.5. The molecule has 0 amide bonds. The molecule has 0 fully saturated rings. The van der Waals surface area contributed by atoms with Gasteiger partial charge in [0.1, 0.15) is 18.2 Å². The summed E-state index contributed by atoms with van der Waals surface area (Å²) < 4.78 is 0. The molecule has 4 rings (SSSR count). The van der Waals surface area contributed by atoms with Gasteiger partial charge in [-0.1, -0.05) is 23.7 Å². The van der Waals surface area contributed by atoms with Crippen molar-refractivity contribution in [1.82, 2.24) is 20.2 Å².